The van der Waals surface area contributed by atoms with Gasteiger partial charge < -0.3 is 0 Å². The van der Waals surface area contributed by atoms with Crippen LogP contribution < -0.4 is 0 Å². The highest BCUT2D eigenvalue weighted by Crippen LogP contribution is 2.31. The van der Waals surface area contributed by atoms with Crippen molar-refractivity contribution in [3.63, 3.8) is 0 Å². The lowest BCUT2D eigenvalue weighted by molar-refractivity contribution is 0.577. The second-order valence-corrected chi connectivity index (χ2v) is 6.38. The molecule has 0 radical (unpaired) electrons. The van der Waals surface area contributed by atoms with Crippen molar-refractivity contribution in [2.24, 2.45) is 0 Å². The fourth-order valence-electron chi connectivity index (χ4n) is 1.69. The van der Waals surface area contributed by atoms with E-state index in [0.717, 1.165) is 0 Å². The van der Waals surface area contributed by atoms with E-state index >= 15 is 0 Å². The van der Waals surface area contributed by atoms with Crippen LogP contribution in [0.5, 0.6) is 0 Å². The third-order valence-electron chi connectivity index (χ3n) is 2.44. The summed E-state index contributed by atoms with van der Waals surface area (Å²) in [5.41, 5.74) is 3.22. The molecule has 0 aliphatic heterocycles. The Bertz CT molecular complexity index is 318. The molecule has 0 atom stereocenters. The quantitative estimate of drug-likeness (QED) is 0.659. The van der Waals surface area contributed by atoms with E-state index in [-0.39, 0.29) is 5.41 Å². The van der Waals surface area contributed by atoms with Gasteiger partial charge in [0.15, 0.2) is 0 Å². The Morgan fingerprint density at radius 3 is 2.14 bits per heavy atom. The Balaban J connectivity index is 3.29. The van der Waals surface area contributed by atoms with Gasteiger partial charge in [0.25, 0.3) is 0 Å². The largest absolute Gasteiger partial charge is 0.0587 e. The maximum absolute atomic E-state index is 2.38. The summed E-state index contributed by atoms with van der Waals surface area (Å²) in [4.78, 5) is 0. The van der Waals surface area contributed by atoms with Gasteiger partial charge in [-0.3, -0.25) is 0 Å². The molecule has 14 heavy (non-hydrogen) atoms. The van der Waals surface area contributed by atoms with Crippen LogP contribution in [0, 0.1) is 3.57 Å². The molecule has 0 saturated carbocycles. The summed E-state index contributed by atoms with van der Waals surface area (Å²) >= 11 is 2.38. The van der Waals surface area contributed by atoms with Gasteiger partial charge in [0.2, 0.25) is 0 Å². The van der Waals surface area contributed by atoms with E-state index in [4.69, 9.17) is 0 Å². The van der Waals surface area contributed by atoms with Gasteiger partial charge >= 0.3 is 0 Å². The Kier molecular flexibility index (Phi) is 3.62. The van der Waals surface area contributed by atoms with E-state index in [1.54, 1.807) is 0 Å². The monoisotopic (exact) mass is 302 g/mol. The van der Waals surface area contributed by atoms with E-state index in [2.05, 4.69) is 75.4 Å². The Labute approximate surface area is 101 Å². The van der Waals surface area contributed by atoms with Gasteiger partial charge in [0.1, 0.15) is 0 Å². The number of benzene rings is 1. The third kappa shape index (κ3) is 2.72. The molecule has 1 aromatic carbocycles. The van der Waals surface area contributed by atoms with Crippen molar-refractivity contribution in [2.75, 3.05) is 0 Å². The Hall–Kier alpha value is -0.0500. The molecule has 1 rings (SSSR count). The number of hydrogen-bond acceptors (Lipinski definition) is 0. The first-order chi connectivity index (χ1) is 6.32. The van der Waals surface area contributed by atoms with E-state index < -0.39 is 0 Å². The van der Waals surface area contributed by atoms with Crippen molar-refractivity contribution >= 4 is 22.6 Å². The van der Waals surface area contributed by atoms with Crippen LogP contribution in [0.15, 0.2) is 18.2 Å². The number of rotatable bonds is 1. The molecule has 0 unspecified atom stereocenters. The first kappa shape index (κ1) is 12.0. The molecule has 0 bridgehead atoms. The summed E-state index contributed by atoms with van der Waals surface area (Å²) < 4.78 is 1.33. The molecular formula is C13H19I. The zero-order chi connectivity index (χ0) is 10.9. The molecule has 1 aromatic rings. The zero-order valence-corrected chi connectivity index (χ0v) is 11.8. The van der Waals surface area contributed by atoms with Crippen molar-refractivity contribution < 1.29 is 0 Å². The minimum absolute atomic E-state index is 0.254. The number of halogens is 1. The molecule has 0 spiro atoms. The lowest BCUT2D eigenvalue weighted by Gasteiger charge is -2.25. The smallest absolute Gasteiger partial charge is 0.0133 e. The fraction of sp³-hybridized carbons (Fsp3) is 0.538. The second kappa shape index (κ2) is 4.21. The van der Waals surface area contributed by atoms with Crippen LogP contribution in [0.4, 0.5) is 0 Å². The van der Waals surface area contributed by atoms with Gasteiger partial charge in [-0.05, 0) is 57.2 Å². The topological polar surface area (TPSA) is 0 Å². The highest BCUT2D eigenvalue weighted by molar-refractivity contribution is 14.1. The average molecular weight is 302 g/mol. The minimum Gasteiger partial charge on any atom is -0.0587 e. The number of hydrogen-bond donors (Lipinski definition) is 0. The molecule has 0 nitrogen and oxygen atoms in total. The molecular weight excluding hydrogens is 283 g/mol. The Morgan fingerprint density at radius 1 is 1.14 bits per heavy atom. The lowest BCUT2D eigenvalue weighted by Crippen LogP contribution is -2.15. The van der Waals surface area contributed by atoms with Crippen LogP contribution in [0.3, 0.4) is 0 Å². The molecule has 0 aromatic heterocycles. The van der Waals surface area contributed by atoms with Crippen molar-refractivity contribution in [2.45, 2.75) is 46.0 Å². The van der Waals surface area contributed by atoms with Crippen LogP contribution >= 0.6 is 22.6 Å². The van der Waals surface area contributed by atoms with Crippen LogP contribution in [0.25, 0.3) is 0 Å². The molecule has 0 aliphatic carbocycles. The third-order valence-corrected chi connectivity index (χ3v) is 3.11. The predicted molar refractivity (Wildman–Crippen MR) is 71.9 cm³/mol. The second-order valence-electron chi connectivity index (χ2n) is 5.14. The van der Waals surface area contributed by atoms with E-state index in [1.807, 2.05) is 0 Å². The first-order valence-corrected chi connectivity index (χ1v) is 6.20. The molecule has 0 saturated heterocycles. The molecule has 0 amide bonds. The predicted octanol–water partition coefficient (Wildman–Crippen LogP) is 4.71. The first-order valence-electron chi connectivity index (χ1n) is 5.12. The highest BCUT2D eigenvalue weighted by atomic mass is 127. The summed E-state index contributed by atoms with van der Waals surface area (Å²) in [6.07, 6.45) is 0. The van der Waals surface area contributed by atoms with Crippen LogP contribution in [0.2, 0.25) is 0 Å². The maximum atomic E-state index is 2.38. The fourth-order valence-corrected chi connectivity index (χ4v) is 2.21. The van der Waals surface area contributed by atoms with E-state index in [1.165, 1.54) is 14.7 Å². The van der Waals surface area contributed by atoms with Gasteiger partial charge in [-0.2, -0.15) is 0 Å². The van der Waals surface area contributed by atoms with Crippen molar-refractivity contribution in [1.29, 1.82) is 0 Å². The summed E-state index contributed by atoms with van der Waals surface area (Å²) in [5, 5.41) is 0. The van der Waals surface area contributed by atoms with Crippen LogP contribution in [-0.4, -0.2) is 0 Å². The minimum atomic E-state index is 0.254. The maximum Gasteiger partial charge on any atom is 0.0133 e. The van der Waals surface area contributed by atoms with E-state index in [9.17, 15) is 0 Å². The SMILES string of the molecule is CC(C)c1cc(I)ccc1C(C)(C)C. The van der Waals surface area contributed by atoms with Gasteiger partial charge in [-0.25, -0.2) is 0 Å². The lowest BCUT2D eigenvalue weighted by atomic mass is 9.81. The standard InChI is InChI=1S/C13H19I/c1-9(2)11-8-10(14)6-7-12(11)13(3,4)5/h6-9H,1-5H3. The normalized spacial score (nSPS) is 12.2. The van der Waals surface area contributed by atoms with Crippen molar-refractivity contribution in [1.82, 2.24) is 0 Å². The van der Waals surface area contributed by atoms with Gasteiger partial charge in [0.05, 0.1) is 0 Å². The summed E-state index contributed by atoms with van der Waals surface area (Å²) in [6.45, 7) is 11.4. The molecule has 0 fully saturated rings. The van der Waals surface area contributed by atoms with Gasteiger partial charge in [0, 0.05) is 3.57 Å². The van der Waals surface area contributed by atoms with Crippen LogP contribution in [-0.2, 0) is 5.41 Å². The van der Waals surface area contributed by atoms with Gasteiger partial charge in [-0.15, -0.1) is 0 Å². The molecule has 0 heterocycles. The molecule has 1 heteroatoms. The van der Waals surface area contributed by atoms with Crippen molar-refractivity contribution in [3.8, 4) is 0 Å². The molecule has 0 aliphatic rings. The van der Waals surface area contributed by atoms with E-state index in [0.29, 0.717) is 5.92 Å². The highest BCUT2D eigenvalue weighted by Gasteiger charge is 2.19. The molecule has 78 valence electrons. The average Bonchev–Trinajstić information content (AvgIpc) is 2.01. The summed E-state index contributed by atoms with van der Waals surface area (Å²) in [7, 11) is 0. The summed E-state index contributed by atoms with van der Waals surface area (Å²) in [6, 6.07) is 6.79. The zero-order valence-electron chi connectivity index (χ0n) is 9.69. The molecule has 0 N–H and O–H groups in total. The van der Waals surface area contributed by atoms with Crippen molar-refractivity contribution in [3.05, 3.63) is 32.9 Å². The Morgan fingerprint density at radius 2 is 1.71 bits per heavy atom. The van der Waals surface area contributed by atoms with Crippen LogP contribution in [0.1, 0.15) is 51.7 Å². The summed E-state index contributed by atoms with van der Waals surface area (Å²) in [5.74, 6) is 0.610. The van der Waals surface area contributed by atoms with Gasteiger partial charge in [-0.1, -0.05) is 40.7 Å².